The Morgan fingerprint density at radius 2 is 1.38 bits per heavy atom. The van der Waals surface area contributed by atoms with Gasteiger partial charge in [0, 0.05) is 29.5 Å². The minimum Gasteiger partial charge on any atom is -0.459 e. The van der Waals surface area contributed by atoms with E-state index in [-0.39, 0.29) is 42.3 Å². The van der Waals surface area contributed by atoms with Gasteiger partial charge in [0.05, 0.1) is 22.8 Å². The largest absolute Gasteiger partial charge is 0.459 e. The highest BCUT2D eigenvalue weighted by molar-refractivity contribution is 6.39. The maximum atomic E-state index is 15.3. The molecule has 1 aliphatic rings. The van der Waals surface area contributed by atoms with Gasteiger partial charge in [0.25, 0.3) is 5.91 Å². The SMILES string of the molecule is CC(C)OC(=O)c1ccc(-c2ccc(NC(=O)C(=O)NCC(C)(C)CNC(=O)c3ccc(Nc4nc(NC5(c6ccc(Cl)cc6)CC5)nc(OCC(F)(F)F)n4)cc3F)cc2)cc1. The van der Waals surface area contributed by atoms with Crippen LogP contribution >= 0.6 is 11.6 Å². The van der Waals surface area contributed by atoms with Crippen LogP contribution in [-0.4, -0.2) is 70.6 Å². The number of amides is 3. The molecular formula is C44H43ClF4N8O6. The van der Waals surface area contributed by atoms with Gasteiger partial charge in [0.15, 0.2) is 6.61 Å². The van der Waals surface area contributed by atoms with E-state index in [1.54, 1.807) is 88.4 Å². The topological polar surface area (TPSA) is 186 Å². The molecule has 6 rings (SSSR count). The Labute approximate surface area is 364 Å². The summed E-state index contributed by atoms with van der Waals surface area (Å²) in [5.41, 5.74) is 1.66. The third-order valence-electron chi connectivity index (χ3n) is 9.55. The number of esters is 1. The molecule has 0 bridgehead atoms. The van der Waals surface area contributed by atoms with Crippen molar-refractivity contribution in [2.24, 2.45) is 5.41 Å². The fourth-order valence-electron chi connectivity index (χ4n) is 6.07. The lowest BCUT2D eigenvalue weighted by molar-refractivity contribution is -0.154. The third-order valence-corrected chi connectivity index (χ3v) is 9.80. The molecule has 0 spiro atoms. The van der Waals surface area contributed by atoms with Gasteiger partial charge in [-0.3, -0.25) is 14.4 Å². The Morgan fingerprint density at radius 1 is 0.778 bits per heavy atom. The molecule has 0 unspecified atom stereocenters. The summed E-state index contributed by atoms with van der Waals surface area (Å²) in [6.45, 7) is 5.27. The quantitative estimate of drug-likeness (QED) is 0.0366. The van der Waals surface area contributed by atoms with Crippen LogP contribution in [-0.2, 0) is 19.9 Å². The number of carbonyl (C=O) groups excluding carboxylic acids is 4. The number of halogens is 5. The lowest BCUT2D eigenvalue weighted by Crippen LogP contribution is -2.45. The van der Waals surface area contributed by atoms with Gasteiger partial charge in [-0.15, -0.1) is 0 Å². The van der Waals surface area contributed by atoms with Gasteiger partial charge in [-0.2, -0.15) is 28.1 Å². The molecule has 4 aromatic carbocycles. The first kappa shape index (κ1) is 45.7. The maximum absolute atomic E-state index is 15.3. The highest BCUT2D eigenvalue weighted by Crippen LogP contribution is 2.48. The molecule has 0 saturated heterocycles. The predicted octanol–water partition coefficient (Wildman–Crippen LogP) is 8.19. The van der Waals surface area contributed by atoms with E-state index in [2.05, 4.69) is 41.5 Å². The summed E-state index contributed by atoms with van der Waals surface area (Å²) in [6, 6.07) is 23.6. The average molecular weight is 891 g/mol. The molecule has 5 N–H and O–H groups in total. The van der Waals surface area contributed by atoms with Crippen molar-refractivity contribution >= 4 is 58.6 Å². The second kappa shape index (κ2) is 19.1. The number of benzene rings is 4. The van der Waals surface area contributed by atoms with E-state index < -0.39 is 59.3 Å². The van der Waals surface area contributed by atoms with Gasteiger partial charge in [-0.05, 0) is 103 Å². The first-order valence-electron chi connectivity index (χ1n) is 19.6. The molecule has 5 aromatic rings. The van der Waals surface area contributed by atoms with Crippen molar-refractivity contribution < 1.29 is 46.2 Å². The lowest BCUT2D eigenvalue weighted by atomic mass is 9.93. The molecule has 1 heterocycles. The fourth-order valence-corrected chi connectivity index (χ4v) is 6.20. The zero-order valence-electron chi connectivity index (χ0n) is 34.5. The molecule has 1 saturated carbocycles. The number of hydrogen-bond donors (Lipinski definition) is 5. The van der Waals surface area contributed by atoms with Crippen LogP contribution in [0.25, 0.3) is 11.1 Å². The molecule has 1 fully saturated rings. The average Bonchev–Trinajstić information content (AvgIpc) is 4.01. The van der Waals surface area contributed by atoms with Gasteiger partial charge in [0.1, 0.15) is 5.82 Å². The van der Waals surface area contributed by atoms with E-state index in [4.69, 9.17) is 21.1 Å². The Bertz CT molecular complexity index is 2470. The first-order valence-corrected chi connectivity index (χ1v) is 20.0. The second-order valence-electron chi connectivity index (χ2n) is 15.8. The molecule has 63 heavy (non-hydrogen) atoms. The van der Waals surface area contributed by atoms with Gasteiger partial charge < -0.3 is 36.1 Å². The van der Waals surface area contributed by atoms with E-state index in [1.165, 1.54) is 12.1 Å². The Morgan fingerprint density at radius 3 is 1.98 bits per heavy atom. The van der Waals surface area contributed by atoms with Crippen LogP contribution in [0, 0.1) is 11.2 Å². The van der Waals surface area contributed by atoms with Crippen LogP contribution in [0.3, 0.4) is 0 Å². The van der Waals surface area contributed by atoms with E-state index in [1.807, 2.05) is 12.1 Å². The summed E-state index contributed by atoms with van der Waals surface area (Å²) < 4.78 is 64.3. The van der Waals surface area contributed by atoms with E-state index in [0.717, 1.165) is 22.8 Å². The smallest absolute Gasteiger partial charge is 0.422 e. The van der Waals surface area contributed by atoms with E-state index in [9.17, 15) is 32.3 Å². The Balaban J connectivity index is 1.00. The van der Waals surface area contributed by atoms with Crippen molar-refractivity contribution in [3.05, 3.63) is 119 Å². The van der Waals surface area contributed by atoms with Crippen LogP contribution in [0.2, 0.25) is 5.02 Å². The minimum atomic E-state index is -4.67. The van der Waals surface area contributed by atoms with E-state index >= 15 is 4.39 Å². The molecular weight excluding hydrogens is 848 g/mol. The van der Waals surface area contributed by atoms with Crippen molar-refractivity contribution in [2.75, 3.05) is 35.6 Å². The molecule has 3 amide bonds. The standard InChI is InChI=1S/C44H43ClF4N8O6/c1-25(2)63-38(61)28-7-5-26(6-8-28)27-9-15-31(16-10-27)52-37(60)36(59)51-23-42(3,4)22-50-35(58)33-18-17-32(21-34(33)46)53-39-54-40(56-41(55-39)62-24-44(47,48)49)57-43(19-20-43)29-11-13-30(45)14-12-29/h5-18,21,25H,19-20,22-24H2,1-4H3,(H,50,58)(H,51,59)(H,52,60)(H2,53,54,55,56,57). The number of alkyl halides is 3. The van der Waals surface area contributed by atoms with Gasteiger partial charge in [-0.25, -0.2) is 9.18 Å². The molecule has 0 radical (unpaired) electrons. The molecule has 330 valence electrons. The van der Waals surface area contributed by atoms with Crippen LogP contribution < -0.4 is 31.3 Å². The zero-order valence-corrected chi connectivity index (χ0v) is 35.2. The number of rotatable bonds is 16. The molecule has 19 heteroatoms. The van der Waals surface area contributed by atoms with Gasteiger partial charge in [0.2, 0.25) is 11.9 Å². The minimum absolute atomic E-state index is 0.0205. The molecule has 0 aliphatic heterocycles. The lowest BCUT2D eigenvalue weighted by Gasteiger charge is -2.25. The number of aromatic nitrogens is 3. The van der Waals surface area contributed by atoms with Crippen LogP contribution in [0.4, 0.5) is 40.8 Å². The Kier molecular flexibility index (Phi) is 13.8. The maximum Gasteiger partial charge on any atom is 0.422 e. The third kappa shape index (κ3) is 12.9. The second-order valence-corrected chi connectivity index (χ2v) is 16.2. The highest BCUT2D eigenvalue weighted by atomic mass is 35.5. The number of ether oxygens (including phenoxy) is 2. The first-order chi connectivity index (χ1) is 29.8. The van der Waals surface area contributed by atoms with Crippen LogP contribution in [0.5, 0.6) is 6.01 Å². The van der Waals surface area contributed by atoms with Gasteiger partial charge in [-0.1, -0.05) is 61.8 Å². The molecule has 1 aromatic heterocycles. The number of anilines is 4. The van der Waals surface area contributed by atoms with Crippen molar-refractivity contribution in [3.63, 3.8) is 0 Å². The van der Waals surface area contributed by atoms with Crippen molar-refractivity contribution in [3.8, 4) is 17.1 Å². The predicted molar refractivity (Wildman–Crippen MR) is 227 cm³/mol. The summed E-state index contributed by atoms with van der Waals surface area (Å²) in [5.74, 6) is -4.29. The zero-order chi connectivity index (χ0) is 45.5. The van der Waals surface area contributed by atoms with Crippen molar-refractivity contribution in [1.82, 2.24) is 25.6 Å². The highest BCUT2D eigenvalue weighted by Gasteiger charge is 2.45. The van der Waals surface area contributed by atoms with Gasteiger partial charge >= 0.3 is 30.0 Å². The van der Waals surface area contributed by atoms with Crippen molar-refractivity contribution in [2.45, 2.75) is 58.4 Å². The van der Waals surface area contributed by atoms with Crippen LogP contribution in [0.15, 0.2) is 91.0 Å². The summed E-state index contributed by atoms with van der Waals surface area (Å²) >= 11 is 6.03. The normalized spacial score (nSPS) is 13.1. The monoisotopic (exact) mass is 890 g/mol. The summed E-state index contributed by atoms with van der Waals surface area (Å²) in [6.07, 6.45) is -3.56. The molecule has 1 aliphatic carbocycles. The summed E-state index contributed by atoms with van der Waals surface area (Å²) in [5, 5.41) is 14.1. The molecule has 0 atom stereocenters. The van der Waals surface area contributed by atoms with Crippen LogP contribution in [0.1, 0.15) is 66.8 Å². The number of hydrogen-bond acceptors (Lipinski definition) is 11. The number of carbonyl (C=O) groups is 4. The molecule has 14 nitrogen and oxygen atoms in total. The number of nitrogens with one attached hydrogen (secondary N) is 5. The number of nitrogens with zero attached hydrogens (tertiary/aromatic N) is 3. The van der Waals surface area contributed by atoms with Crippen molar-refractivity contribution in [1.29, 1.82) is 0 Å². The Hall–Kier alpha value is -6.82. The fraction of sp³-hybridized carbons (Fsp3) is 0.295. The summed E-state index contributed by atoms with van der Waals surface area (Å²) in [4.78, 5) is 62.7. The van der Waals surface area contributed by atoms with E-state index in [0.29, 0.717) is 29.1 Å². The summed E-state index contributed by atoms with van der Waals surface area (Å²) in [7, 11) is 0.